The van der Waals surface area contributed by atoms with Gasteiger partial charge >= 0.3 is 0 Å². The van der Waals surface area contributed by atoms with E-state index in [0.717, 1.165) is 10.9 Å². The van der Waals surface area contributed by atoms with E-state index in [0.29, 0.717) is 31.0 Å². The largest absolute Gasteiger partial charge is 0.337 e. The summed E-state index contributed by atoms with van der Waals surface area (Å²) in [5.41, 5.74) is 1.72. The molecule has 29 heavy (non-hydrogen) atoms. The molecule has 8 heteroatoms. The highest BCUT2D eigenvalue weighted by molar-refractivity contribution is 5.94. The van der Waals surface area contributed by atoms with Gasteiger partial charge in [-0.3, -0.25) is 14.7 Å². The topological polar surface area (TPSA) is 82.2 Å². The zero-order valence-electron chi connectivity index (χ0n) is 15.9. The van der Waals surface area contributed by atoms with Gasteiger partial charge in [0.1, 0.15) is 11.5 Å². The number of benzene rings is 1. The number of aromatic amines is 1. The fourth-order valence-electron chi connectivity index (χ4n) is 4.76. The van der Waals surface area contributed by atoms with Crippen LogP contribution in [0.25, 0.3) is 11.0 Å². The fourth-order valence-corrected chi connectivity index (χ4v) is 4.76. The van der Waals surface area contributed by atoms with Gasteiger partial charge in [0.15, 0.2) is 5.65 Å². The number of aromatic nitrogens is 3. The van der Waals surface area contributed by atoms with Crippen molar-refractivity contribution in [2.24, 2.45) is 11.8 Å². The van der Waals surface area contributed by atoms with Gasteiger partial charge in [0.2, 0.25) is 5.91 Å². The number of nitrogens with zero attached hydrogens (tertiary/aromatic N) is 4. The average molecular weight is 393 g/mol. The summed E-state index contributed by atoms with van der Waals surface area (Å²) in [6, 6.07) is 9.70. The van der Waals surface area contributed by atoms with Crippen molar-refractivity contribution >= 4 is 22.8 Å². The molecule has 0 saturated carbocycles. The van der Waals surface area contributed by atoms with E-state index >= 15 is 0 Å². The summed E-state index contributed by atoms with van der Waals surface area (Å²) >= 11 is 0. The molecule has 2 aromatic heterocycles. The zero-order chi connectivity index (χ0) is 20.1. The number of likely N-dealkylation sites (tertiary alicyclic amines) is 2. The van der Waals surface area contributed by atoms with Crippen LogP contribution >= 0.6 is 0 Å². The third kappa shape index (κ3) is 2.95. The van der Waals surface area contributed by atoms with Gasteiger partial charge in [0, 0.05) is 43.8 Å². The minimum Gasteiger partial charge on any atom is -0.337 e. The molecule has 1 N–H and O–H groups in total. The van der Waals surface area contributed by atoms with Crippen LogP contribution in [-0.4, -0.2) is 56.4 Å². The van der Waals surface area contributed by atoms with Gasteiger partial charge in [-0.25, -0.2) is 9.37 Å². The van der Waals surface area contributed by atoms with Crippen LogP contribution in [0.5, 0.6) is 0 Å². The quantitative estimate of drug-likeness (QED) is 0.725. The number of fused-ring (bicyclic) bond motifs is 2. The predicted octanol–water partition coefficient (Wildman–Crippen LogP) is 2.39. The molecule has 2 saturated heterocycles. The third-order valence-corrected chi connectivity index (χ3v) is 6.07. The van der Waals surface area contributed by atoms with Crippen molar-refractivity contribution in [2.75, 3.05) is 19.6 Å². The Hall–Kier alpha value is -3.29. The molecule has 1 aromatic carbocycles. The van der Waals surface area contributed by atoms with E-state index in [1.165, 1.54) is 12.1 Å². The summed E-state index contributed by atoms with van der Waals surface area (Å²) in [5, 5.41) is 7.58. The van der Waals surface area contributed by atoms with Crippen molar-refractivity contribution in [3.8, 4) is 0 Å². The van der Waals surface area contributed by atoms with E-state index < -0.39 is 0 Å². The number of hydrogen-bond acceptors (Lipinski definition) is 4. The maximum Gasteiger partial charge on any atom is 0.272 e. The normalized spacial score (nSPS) is 23.6. The van der Waals surface area contributed by atoms with Crippen molar-refractivity contribution in [3.05, 3.63) is 59.7 Å². The van der Waals surface area contributed by atoms with Crippen molar-refractivity contribution in [3.63, 3.8) is 0 Å². The van der Waals surface area contributed by atoms with Gasteiger partial charge < -0.3 is 9.80 Å². The van der Waals surface area contributed by atoms with E-state index in [2.05, 4.69) is 15.2 Å². The number of amides is 2. The first-order valence-electron chi connectivity index (χ1n) is 9.63. The Bertz CT molecular complexity index is 1110. The van der Waals surface area contributed by atoms with E-state index in [9.17, 15) is 14.0 Å². The molecule has 4 heterocycles. The highest BCUT2D eigenvalue weighted by atomic mass is 19.1. The van der Waals surface area contributed by atoms with Gasteiger partial charge in [-0.1, -0.05) is 12.1 Å². The summed E-state index contributed by atoms with van der Waals surface area (Å²) in [7, 11) is 0. The molecule has 0 aliphatic carbocycles. The maximum absolute atomic E-state index is 13.8. The van der Waals surface area contributed by atoms with Crippen molar-refractivity contribution in [1.82, 2.24) is 25.0 Å². The average Bonchev–Trinajstić information content (AvgIpc) is 3.40. The molecular weight excluding hydrogens is 373 g/mol. The third-order valence-electron chi connectivity index (χ3n) is 6.07. The molecule has 5 rings (SSSR count). The monoisotopic (exact) mass is 393 g/mol. The molecule has 2 fully saturated rings. The standard InChI is InChI=1S/C21H20FN5O2/c1-12(28)27-10-15-9-26(11-17(15)19(27)13-3-2-4-16(22)7-13)21(29)18-6-5-14-8-23-25-20(14)24-18/h2-8,15,17,19H,9-11H2,1H3,(H,23,24,25)/t15-,17-,19+/m1/s1. The second kappa shape index (κ2) is 6.65. The van der Waals surface area contributed by atoms with Crippen LogP contribution in [0.2, 0.25) is 0 Å². The Morgan fingerprint density at radius 1 is 1.17 bits per heavy atom. The molecule has 2 amide bonds. The van der Waals surface area contributed by atoms with Crippen LogP contribution in [0, 0.1) is 17.7 Å². The number of nitrogens with one attached hydrogen (secondary N) is 1. The zero-order valence-corrected chi connectivity index (χ0v) is 15.9. The van der Waals surface area contributed by atoms with E-state index in [-0.39, 0.29) is 35.5 Å². The highest BCUT2D eigenvalue weighted by Gasteiger charge is 2.49. The Kier molecular flexibility index (Phi) is 4.08. The lowest BCUT2D eigenvalue weighted by atomic mass is 9.89. The number of pyridine rings is 1. The van der Waals surface area contributed by atoms with Crippen molar-refractivity contribution in [2.45, 2.75) is 13.0 Å². The molecule has 3 aromatic rings. The molecule has 0 unspecified atom stereocenters. The van der Waals surface area contributed by atoms with Crippen LogP contribution in [-0.2, 0) is 4.79 Å². The SMILES string of the molecule is CC(=O)N1C[C@H]2CN(C(=O)c3ccc4cn[nH]c4n3)C[C@H]2[C@@H]1c1cccc(F)c1. The van der Waals surface area contributed by atoms with Crippen LogP contribution in [0.4, 0.5) is 4.39 Å². The first-order valence-corrected chi connectivity index (χ1v) is 9.63. The lowest BCUT2D eigenvalue weighted by molar-refractivity contribution is -0.130. The highest BCUT2D eigenvalue weighted by Crippen LogP contribution is 2.45. The van der Waals surface area contributed by atoms with Crippen molar-refractivity contribution in [1.29, 1.82) is 0 Å². The molecule has 7 nitrogen and oxygen atoms in total. The number of carbonyl (C=O) groups is 2. The number of H-pyrrole nitrogens is 1. The number of carbonyl (C=O) groups excluding carboxylic acids is 2. The molecule has 0 bridgehead atoms. The minimum absolute atomic E-state index is 0.0297. The predicted molar refractivity (Wildman–Crippen MR) is 103 cm³/mol. The Morgan fingerprint density at radius 2 is 2.03 bits per heavy atom. The summed E-state index contributed by atoms with van der Waals surface area (Å²) in [5.74, 6) is -0.258. The number of halogens is 1. The van der Waals surface area contributed by atoms with E-state index in [4.69, 9.17) is 0 Å². The molecule has 3 atom stereocenters. The molecule has 0 radical (unpaired) electrons. The second-order valence-electron chi connectivity index (χ2n) is 7.81. The lowest BCUT2D eigenvalue weighted by Crippen LogP contribution is -2.36. The van der Waals surface area contributed by atoms with Gasteiger partial charge in [0.05, 0.1) is 12.2 Å². The van der Waals surface area contributed by atoms with Crippen molar-refractivity contribution < 1.29 is 14.0 Å². The van der Waals surface area contributed by atoms with Gasteiger partial charge in [-0.15, -0.1) is 0 Å². The summed E-state index contributed by atoms with van der Waals surface area (Å²) in [6.07, 6.45) is 1.66. The van der Waals surface area contributed by atoms with Crippen LogP contribution in [0.1, 0.15) is 29.0 Å². The smallest absolute Gasteiger partial charge is 0.272 e. The van der Waals surface area contributed by atoms with Gasteiger partial charge in [-0.05, 0) is 29.8 Å². The molecule has 2 aliphatic heterocycles. The van der Waals surface area contributed by atoms with Crippen LogP contribution in [0.15, 0.2) is 42.6 Å². The molecule has 2 aliphatic rings. The molecular formula is C21H20FN5O2. The minimum atomic E-state index is -0.322. The Balaban J connectivity index is 1.42. The second-order valence-corrected chi connectivity index (χ2v) is 7.81. The Morgan fingerprint density at radius 3 is 2.83 bits per heavy atom. The number of hydrogen-bond donors (Lipinski definition) is 1. The first-order chi connectivity index (χ1) is 14.0. The summed E-state index contributed by atoms with van der Waals surface area (Å²) in [6.45, 7) is 3.18. The fraction of sp³-hybridized carbons (Fsp3) is 0.333. The van der Waals surface area contributed by atoms with Gasteiger partial charge in [0.25, 0.3) is 5.91 Å². The summed E-state index contributed by atoms with van der Waals surface area (Å²) < 4.78 is 13.8. The van der Waals surface area contributed by atoms with Gasteiger partial charge in [-0.2, -0.15) is 5.10 Å². The maximum atomic E-state index is 13.8. The summed E-state index contributed by atoms with van der Waals surface area (Å²) in [4.78, 5) is 33.2. The molecule has 148 valence electrons. The first kappa shape index (κ1) is 17.8. The molecule has 0 spiro atoms. The van der Waals surface area contributed by atoms with Crippen LogP contribution in [0.3, 0.4) is 0 Å². The van der Waals surface area contributed by atoms with Crippen LogP contribution < -0.4 is 0 Å². The lowest BCUT2D eigenvalue weighted by Gasteiger charge is -2.29. The van der Waals surface area contributed by atoms with E-state index in [1.807, 2.05) is 12.1 Å². The number of rotatable bonds is 2. The van der Waals surface area contributed by atoms with E-state index in [1.54, 1.807) is 35.1 Å². The Labute approximate surface area is 166 Å².